The molecule has 3 aliphatic rings. The Morgan fingerprint density at radius 2 is 1.12 bits per heavy atom. The number of hydrogen-bond donors (Lipinski definition) is 6. The van der Waals surface area contributed by atoms with Crippen molar-refractivity contribution in [2.45, 2.75) is 68.4 Å². The van der Waals surface area contributed by atoms with Gasteiger partial charge < -0.3 is 41.0 Å². The Morgan fingerprint density at radius 3 is 1.53 bits per heavy atom. The number of amides is 4. The van der Waals surface area contributed by atoms with Gasteiger partial charge in [0.1, 0.15) is 4.88 Å². The Balaban J connectivity index is 1.20. The molecule has 0 saturated heterocycles. The summed E-state index contributed by atoms with van der Waals surface area (Å²) in [6.45, 7) is 0. The van der Waals surface area contributed by atoms with E-state index in [0.717, 1.165) is 62.7 Å². The zero-order chi connectivity index (χ0) is 41.9. The Kier molecular flexibility index (Phi) is 11.5. The maximum Gasteiger partial charge on any atom is 0.353 e. The van der Waals surface area contributed by atoms with Crippen LogP contribution in [-0.4, -0.2) is 69.9 Å². The third-order valence-electron chi connectivity index (χ3n) is 11.4. The summed E-state index contributed by atoms with van der Waals surface area (Å²) in [5.74, 6) is -8.43. The lowest BCUT2D eigenvalue weighted by molar-refractivity contribution is -0.147. The Bertz CT molecular complexity index is 2170. The summed E-state index contributed by atoms with van der Waals surface area (Å²) in [6.07, 6.45) is 7.00. The number of carbonyl (C=O) groups excluding carboxylic acids is 5. The van der Waals surface area contributed by atoms with Crippen LogP contribution in [0.4, 0.5) is 11.4 Å². The van der Waals surface area contributed by atoms with Crippen molar-refractivity contribution in [3.63, 3.8) is 0 Å². The molecule has 0 radical (unpaired) electrons. The van der Waals surface area contributed by atoms with Crippen LogP contribution in [0, 0.1) is 11.8 Å². The van der Waals surface area contributed by atoms with E-state index in [4.69, 9.17) is 9.47 Å². The van der Waals surface area contributed by atoms with Gasteiger partial charge in [-0.1, -0.05) is 37.8 Å². The molecule has 0 spiro atoms. The first-order valence-electron chi connectivity index (χ1n) is 19.2. The lowest BCUT2D eigenvalue weighted by Crippen LogP contribution is -2.59. The van der Waals surface area contributed by atoms with E-state index in [1.165, 1.54) is 73.8 Å². The lowest BCUT2D eigenvalue weighted by Gasteiger charge is -2.22. The summed E-state index contributed by atoms with van der Waals surface area (Å²) in [6, 6.07) is 18.5. The fourth-order valence-corrected chi connectivity index (χ4v) is 8.88. The Hall–Kier alpha value is -6.55. The zero-order valence-electron chi connectivity index (χ0n) is 31.9. The van der Waals surface area contributed by atoms with Crippen molar-refractivity contribution in [2.24, 2.45) is 11.8 Å². The third kappa shape index (κ3) is 7.87. The van der Waals surface area contributed by atoms with Crippen molar-refractivity contribution < 1.29 is 53.2 Å². The zero-order valence-corrected chi connectivity index (χ0v) is 32.8. The molecule has 0 aliphatic heterocycles. The van der Waals surface area contributed by atoms with E-state index in [1.807, 2.05) is 0 Å². The summed E-state index contributed by atoms with van der Waals surface area (Å²) in [5.41, 5.74) is -4.63. The number of carboxylic acid groups (broad SMARTS) is 2. The molecule has 306 valence electrons. The maximum atomic E-state index is 13.9. The maximum absolute atomic E-state index is 13.9. The number of carbonyl (C=O) groups is 7. The molecule has 1 aromatic heterocycles. The van der Waals surface area contributed by atoms with Gasteiger partial charge in [-0.05, 0) is 103 Å². The summed E-state index contributed by atoms with van der Waals surface area (Å²) in [5, 5.41) is 34.1. The monoisotopic (exact) mass is 822 g/mol. The van der Waals surface area contributed by atoms with Crippen molar-refractivity contribution in [3.05, 3.63) is 106 Å². The number of methoxy groups -OCH3 is 1. The van der Waals surface area contributed by atoms with Gasteiger partial charge in [-0.3, -0.25) is 19.2 Å². The van der Waals surface area contributed by atoms with Gasteiger partial charge in [-0.25, -0.2) is 14.4 Å². The second kappa shape index (κ2) is 16.7. The largest absolute Gasteiger partial charge is 0.493 e. The minimum atomic E-state index is -2.68. The molecule has 3 aromatic carbocycles. The molecule has 15 nitrogen and oxygen atoms in total. The topological polar surface area (TPSA) is 227 Å². The van der Waals surface area contributed by atoms with Gasteiger partial charge in [-0.15, -0.1) is 11.3 Å². The van der Waals surface area contributed by atoms with Gasteiger partial charge in [0.05, 0.1) is 13.0 Å². The average Bonchev–Trinajstić information content (AvgIpc) is 3.92. The van der Waals surface area contributed by atoms with Crippen LogP contribution in [0.3, 0.4) is 0 Å². The van der Waals surface area contributed by atoms with Crippen molar-refractivity contribution >= 4 is 64.2 Å². The highest BCUT2D eigenvalue weighted by atomic mass is 32.1. The highest BCUT2D eigenvalue weighted by molar-refractivity contribution is 7.12. The minimum Gasteiger partial charge on any atom is -0.493 e. The number of thiophene rings is 1. The molecular weight excluding hydrogens is 781 g/mol. The highest BCUT2D eigenvalue weighted by Gasteiger charge is 2.88. The number of nitrogens with one attached hydrogen (secondary N) is 4. The number of rotatable bonds is 14. The molecule has 3 saturated carbocycles. The molecule has 2 unspecified atom stereocenters. The van der Waals surface area contributed by atoms with Crippen LogP contribution in [0.15, 0.2) is 84.2 Å². The SMILES string of the molecule is COc1cc(C2C(NC(=O)c3ccc(NC(=O)C4CCCC4)cc3)(C(=O)O)C2(NC(=O)c2ccc(NC(=O)C3CCCC3)cc2)C(=O)O)ccc1OC(=O)c1cccs1. The third-order valence-corrected chi connectivity index (χ3v) is 12.3. The normalized spacial score (nSPS) is 21.2. The van der Waals surface area contributed by atoms with Crippen molar-refractivity contribution in [1.29, 1.82) is 0 Å². The summed E-state index contributed by atoms with van der Waals surface area (Å²) in [4.78, 5) is 93.4. The fourth-order valence-electron chi connectivity index (χ4n) is 8.28. The van der Waals surface area contributed by atoms with Gasteiger partial charge in [0.25, 0.3) is 11.8 Å². The first kappa shape index (κ1) is 40.6. The molecule has 3 fully saturated rings. The second-order valence-electron chi connectivity index (χ2n) is 14.9. The lowest BCUT2D eigenvalue weighted by atomic mass is 10.0. The quantitative estimate of drug-likeness (QED) is 0.0655. The first-order valence-corrected chi connectivity index (χ1v) is 20.1. The van der Waals surface area contributed by atoms with E-state index < -0.39 is 46.7 Å². The van der Waals surface area contributed by atoms with E-state index in [9.17, 15) is 43.8 Å². The molecular formula is C43H42N4O11S. The van der Waals surface area contributed by atoms with Crippen LogP contribution < -0.4 is 30.7 Å². The molecule has 0 bridgehead atoms. The van der Waals surface area contributed by atoms with E-state index in [-0.39, 0.29) is 51.8 Å². The molecule has 16 heteroatoms. The number of carboxylic acids is 2. The number of benzene rings is 3. The standard InChI is InChI=1S/C43H42N4O11S/c1-57-32-23-28(16-21-31(32)58-39(52)33-11-6-22-59-33)34-42(40(53)54,46-37(50)26-12-17-29(18-13-26)44-35(48)24-7-2-3-8-24)43(34,41(55)56)47-38(51)27-14-19-30(20-15-27)45-36(49)25-9-4-5-10-25/h6,11-25,34H,2-5,7-10H2,1H3,(H,44,48)(H,45,49)(H,46,50)(H,47,51)(H,53,54)(H,55,56). The molecule has 6 N–H and O–H groups in total. The molecule has 4 aromatic rings. The van der Waals surface area contributed by atoms with Crippen molar-refractivity contribution in [3.8, 4) is 11.5 Å². The van der Waals surface area contributed by atoms with E-state index in [0.29, 0.717) is 16.3 Å². The van der Waals surface area contributed by atoms with Crippen LogP contribution in [0.5, 0.6) is 11.5 Å². The first-order chi connectivity index (χ1) is 28.4. The molecule has 3 aliphatic carbocycles. The molecule has 1 heterocycles. The van der Waals surface area contributed by atoms with E-state index >= 15 is 0 Å². The van der Waals surface area contributed by atoms with Gasteiger partial charge in [0.2, 0.25) is 11.8 Å². The molecule has 59 heavy (non-hydrogen) atoms. The van der Waals surface area contributed by atoms with Crippen molar-refractivity contribution in [1.82, 2.24) is 10.6 Å². The van der Waals surface area contributed by atoms with Gasteiger partial charge in [0, 0.05) is 34.3 Å². The predicted octanol–water partition coefficient (Wildman–Crippen LogP) is 5.84. The van der Waals surface area contributed by atoms with Gasteiger partial charge in [0.15, 0.2) is 22.6 Å². The smallest absolute Gasteiger partial charge is 0.353 e. The molecule has 4 amide bonds. The summed E-state index contributed by atoms with van der Waals surface area (Å²) < 4.78 is 11.0. The highest BCUT2D eigenvalue weighted by Crippen LogP contribution is 2.62. The second-order valence-corrected chi connectivity index (χ2v) is 15.9. The van der Waals surface area contributed by atoms with Gasteiger partial charge in [-0.2, -0.15) is 0 Å². The van der Waals surface area contributed by atoms with Crippen LogP contribution in [0.1, 0.15) is 93.2 Å². The number of esters is 1. The Labute approximate surface area is 342 Å². The average molecular weight is 823 g/mol. The van der Waals surface area contributed by atoms with Crippen LogP contribution >= 0.6 is 11.3 Å². The summed E-state index contributed by atoms with van der Waals surface area (Å²) in [7, 11) is 1.27. The van der Waals surface area contributed by atoms with Crippen LogP contribution in [0.2, 0.25) is 0 Å². The number of aliphatic carboxylic acids is 2. The molecule has 2 atom stereocenters. The van der Waals surface area contributed by atoms with E-state index in [1.54, 1.807) is 17.5 Å². The Morgan fingerprint density at radius 1 is 0.644 bits per heavy atom. The van der Waals surface area contributed by atoms with E-state index in [2.05, 4.69) is 21.3 Å². The van der Waals surface area contributed by atoms with Gasteiger partial charge >= 0.3 is 17.9 Å². The van der Waals surface area contributed by atoms with Crippen molar-refractivity contribution in [2.75, 3.05) is 17.7 Å². The minimum absolute atomic E-state index is 0.0121. The molecule has 7 rings (SSSR count). The summed E-state index contributed by atoms with van der Waals surface area (Å²) >= 11 is 1.15. The fraction of sp³-hybridized carbons (Fsp3) is 0.326. The number of ether oxygens (including phenoxy) is 2. The predicted molar refractivity (Wildman–Crippen MR) is 215 cm³/mol. The van der Waals surface area contributed by atoms with Crippen LogP contribution in [-0.2, 0) is 19.2 Å². The number of anilines is 2. The number of hydrogen-bond acceptors (Lipinski definition) is 10. The van der Waals surface area contributed by atoms with Crippen LogP contribution in [0.25, 0.3) is 0 Å².